The monoisotopic (exact) mass is 367 g/mol. The zero-order valence-corrected chi connectivity index (χ0v) is 15.8. The van der Waals surface area contributed by atoms with Gasteiger partial charge in [-0.3, -0.25) is 9.78 Å². The van der Waals surface area contributed by atoms with Crippen LogP contribution in [0.3, 0.4) is 0 Å². The molecular formula is C21H25N3O3. The molecular weight excluding hydrogens is 342 g/mol. The maximum absolute atomic E-state index is 12.7. The standard InChI is InChI=1S/C21H25N3O3/c1-15-3-4-18(16(2)13-15)23-20(25)19-14-17(5-8-22-19)24-9-6-21(7-10-24)26-11-12-27-21/h3-5,8,13-14H,6-7,9-12H2,1-2H3,(H,23,25). The van der Waals surface area contributed by atoms with Gasteiger partial charge in [-0.15, -0.1) is 0 Å². The Labute approximate surface area is 159 Å². The number of nitrogens with zero attached hydrogens (tertiary/aromatic N) is 2. The third kappa shape index (κ3) is 3.82. The summed E-state index contributed by atoms with van der Waals surface area (Å²) < 4.78 is 11.6. The molecule has 3 heterocycles. The molecule has 6 heteroatoms. The predicted molar refractivity (Wildman–Crippen MR) is 104 cm³/mol. The number of hydrogen-bond acceptors (Lipinski definition) is 5. The van der Waals surface area contributed by atoms with Crippen molar-refractivity contribution in [2.24, 2.45) is 0 Å². The molecule has 2 saturated heterocycles. The molecule has 1 amide bonds. The molecule has 2 aliphatic rings. The zero-order chi connectivity index (χ0) is 18.9. The molecule has 1 aromatic heterocycles. The van der Waals surface area contributed by atoms with E-state index < -0.39 is 5.79 Å². The van der Waals surface area contributed by atoms with Crippen LogP contribution in [0, 0.1) is 13.8 Å². The molecule has 27 heavy (non-hydrogen) atoms. The third-order valence-corrected chi connectivity index (χ3v) is 5.31. The molecule has 0 radical (unpaired) electrons. The van der Waals surface area contributed by atoms with Crippen molar-refractivity contribution in [2.75, 3.05) is 36.5 Å². The Morgan fingerprint density at radius 3 is 2.56 bits per heavy atom. The number of carbonyl (C=O) groups excluding carboxylic acids is 1. The summed E-state index contributed by atoms with van der Waals surface area (Å²) in [5.41, 5.74) is 4.44. The van der Waals surface area contributed by atoms with Crippen LogP contribution in [0.1, 0.15) is 34.5 Å². The van der Waals surface area contributed by atoms with Crippen LogP contribution in [0.15, 0.2) is 36.5 Å². The fourth-order valence-corrected chi connectivity index (χ4v) is 3.77. The number of ether oxygens (including phenoxy) is 2. The third-order valence-electron chi connectivity index (χ3n) is 5.31. The number of aromatic nitrogens is 1. The van der Waals surface area contributed by atoms with Crippen LogP contribution in [0.4, 0.5) is 11.4 Å². The summed E-state index contributed by atoms with van der Waals surface area (Å²) in [4.78, 5) is 19.2. The molecule has 1 aromatic carbocycles. The molecule has 4 rings (SSSR count). The summed E-state index contributed by atoms with van der Waals surface area (Å²) >= 11 is 0. The number of anilines is 2. The van der Waals surface area contributed by atoms with Crippen molar-refractivity contribution in [1.29, 1.82) is 0 Å². The van der Waals surface area contributed by atoms with E-state index in [1.54, 1.807) is 6.20 Å². The van der Waals surface area contributed by atoms with Gasteiger partial charge in [0.25, 0.3) is 5.91 Å². The molecule has 1 spiro atoms. The molecule has 1 N–H and O–H groups in total. The van der Waals surface area contributed by atoms with Crippen molar-refractivity contribution in [3.63, 3.8) is 0 Å². The van der Waals surface area contributed by atoms with Gasteiger partial charge in [-0.25, -0.2) is 0 Å². The first-order chi connectivity index (χ1) is 13.0. The lowest BCUT2D eigenvalue weighted by molar-refractivity contribution is -0.169. The molecule has 0 bridgehead atoms. The van der Waals surface area contributed by atoms with E-state index in [0.717, 1.165) is 42.9 Å². The van der Waals surface area contributed by atoms with Gasteiger partial charge >= 0.3 is 0 Å². The number of rotatable bonds is 3. The number of carbonyl (C=O) groups is 1. The second kappa shape index (κ2) is 7.29. The Hall–Kier alpha value is -2.44. The zero-order valence-electron chi connectivity index (χ0n) is 15.8. The number of pyridine rings is 1. The molecule has 2 aliphatic heterocycles. The minimum Gasteiger partial charge on any atom is -0.371 e. The van der Waals surface area contributed by atoms with E-state index in [9.17, 15) is 4.79 Å². The van der Waals surface area contributed by atoms with Crippen LogP contribution in [0.5, 0.6) is 0 Å². The summed E-state index contributed by atoms with van der Waals surface area (Å²) in [5.74, 6) is -0.591. The van der Waals surface area contributed by atoms with Crippen molar-refractivity contribution in [3.05, 3.63) is 53.3 Å². The summed E-state index contributed by atoms with van der Waals surface area (Å²) in [6.07, 6.45) is 3.36. The number of amides is 1. The first-order valence-electron chi connectivity index (χ1n) is 9.42. The van der Waals surface area contributed by atoms with E-state index in [1.807, 2.05) is 38.1 Å². The normalized spacial score (nSPS) is 18.7. The van der Waals surface area contributed by atoms with E-state index in [4.69, 9.17) is 9.47 Å². The first kappa shape index (κ1) is 17.9. The van der Waals surface area contributed by atoms with Crippen molar-refractivity contribution < 1.29 is 14.3 Å². The number of benzene rings is 1. The highest BCUT2D eigenvalue weighted by Gasteiger charge is 2.39. The highest BCUT2D eigenvalue weighted by molar-refractivity contribution is 6.03. The van der Waals surface area contributed by atoms with Crippen LogP contribution in [0.25, 0.3) is 0 Å². The van der Waals surface area contributed by atoms with E-state index in [1.165, 1.54) is 5.56 Å². The Morgan fingerprint density at radius 1 is 1.11 bits per heavy atom. The summed E-state index contributed by atoms with van der Waals surface area (Å²) in [6, 6.07) is 9.77. The Morgan fingerprint density at radius 2 is 1.85 bits per heavy atom. The number of nitrogens with one attached hydrogen (secondary N) is 1. The topological polar surface area (TPSA) is 63.7 Å². The lowest BCUT2D eigenvalue weighted by Gasteiger charge is -2.38. The van der Waals surface area contributed by atoms with E-state index >= 15 is 0 Å². The molecule has 0 atom stereocenters. The quantitative estimate of drug-likeness (QED) is 0.902. The van der Waals surface area contributed by atoms with Gasteiger partial charge in [0.2, 0.25) is 0 Å². The average molecular weight is 367 g/mol. The Bertz CT molecular complexity index is 836. The van der Waals surface area contributed by atoms with Gasteiger partial charge < -0.3 is 19.7 Å². The minimum absolute atomic E-state index is 0.195. The van der Waals surface area contributed by atoms with Gasteiger partial charge in [-0.2, -0.15) is 0 Å². The summed E-state index contributed by atoms with van der Waals surface area (Å²) in [7, 11) is 0. The highest BCUT2D eigenvalue weighted by Crippen LogP contribution is 2.33. The van der Waals surface area contributed by atoms with Crippen LogP contribution in [-0.4, -0.2) is 43.0 Å². The maximum Gasteiger partial charge on any atom is 0.274 e. The lowest BCUT2D eigenvalue weighted by atomic mass is 10.0. The van der Waals surface area contributed by atoms with Crippen LogP contribution >= 0.6 is 0 Å². The largest absolute Gasteiger partial charge is 0.371 e. The van der Waals surface area contributed by atoms with Gasteiger partial charge in [0.05, 0.1) is 13.2 Å². The average Bonchev–Trinajstić information content (AvgIpc) is 3.12. The molecule has 2 aromatic rings. The van der Waals surface area contributed by atoms with E-state index in [-0.39, 0.29) is 5.91 Å². The van der Waals surface area contributed by atoms with Crippen LogP contribution in [0.2, 0.25) is 0 Å². The van der Waals surface area contributed by atoms with Gasteiger partial charge in [0, 0.05) is 43.5 Å². The van der Waals surface area contributed by atoms with Crippen molar-refractivity contribution in [1.82, 2.24) is 4.98 Å². The highest BCUT2D eigenvalue weighted by atomic mass is 16.7. The smallest absolute Gasteiger partial charge is 0.274 e. The molecule has 6 nitrogen and oxygen atoms in total. The van der Waals surface area contributed by atoms with Crippen molar-refractivity contribution >= 4 is 17.3 Å². The minimum atomic E-state index is -0.396. The van der Waals surface area contributed by atoms with Gasteiger partial charge in [0.1, 0.15) is 5.69 Å². The number of hydrogen-bond donors (Lipinski definition) is 1. The molecule has 0 saturated carbocycles. The number of aryl methyl sites for hydroxylation is 2. The second-order valence-corrected chi connectivity index (χ2v) is 7.27. The molecule has 0 aliphatic carbocycles. The first-order valence-corrected chi connectivity index (χ1v) is 9.42. The molecule has 142 valence electrons. The predicted octanol–water partition coefficient (Wildman–Crippen LogP) is 3.29. The van der Waals surface area contributed by atoms with Crippen molar-refractivity contribution in [2.45, 2.75) is 32.5 Å². The van der Waals surface area contributed by atoms with Crippen molar-refractivity contribution in [3.8, 4) is 0 Å². The van der Waals surface area contributed by atoms with Gasteiger partial charge in [-0.05, 0) is 37.6 Å². The fourth-order valence-electron chi connectivity index (χ4n) is 3.77. The second-order valence-electron chi connectivity index (χ2n) is 7.27. The van der Waals surface area contributed by atoms with E-state index in [0.29, 0.717) is 18.9 Å². The maximum atomic E-state index is 12.7. The number of piperidine rings is 1. The molecule has 2 fully saturated rings. The lowest BCUT2D eigenvalue weighted by Crippen LogP contribution is -2.45. The fraction of sp³-hybridized carbons (Fsp3) is 0.429. The molecule has 0 unspecified atom stereocenters. The Kier molecular flexibility index (Phi) is 4.85. The Balaban J connectivity index is 1.45. The van der Waals surface area contributed by atoms with Gasteiger partial charge in [0.15, 0.2) is 5.79 Å². The van der Waals surface area contributed by atoms with Crippen LogP contribution in [-0.2, 0) is 9.47 Å². The van der Waals surface area contributed by atoms with Gasteiger partial charge in [-0.1, -0.05) is 17.7 Å². The summed E-state index contributed by atoms with van der Waals surface area (Å²) in [5, 5.41) is 2.96. The SMILES string of the molecule is Cc1ccc(NC(=O)c2cc(N3CCC4(CC3)OCCO4)ccn2)c(C)c1. The van der Waals surface area contributed by atoms with Crippen LogP contribution < -0.4 is 10.2 Å². The van der Waals surface area contributed by atoms with E-state index in [2.05, 4.69) is 21.3 Å². The summed E-state index contributed by atoms with van der Waals surface area (Å²) in [6.45, 7) is 7.05.